The fourth-order valence-corrected chi connectivity index (χ4v) is 2.01. The summed E-state index contributed by atoms with van der Waals surface area (Å²) in [6.07, 6.45) is 0.490. The third-order valence-corrected chi connectivity index (χ3v) is 3.05. The number of H-pyrrole nitrogens is 2. The molecule has 0 aliphatic heterocycles. The molecule has 0 amide bonds. The predicted molar refractivity (Wildman–Crippen MR) is 74.9 cm³/mol. The number of carbonyl (C=O) groups is 1. The molecule has 106 valence electrons. The molecule has 0 radical (unpaired) electrons. The van der Waals surface area contributed by atoms with Crippen molar-refractivity contribution in [2.24, 2.45) is 0 Å². The Morgan fingerprint density at radius 1 is 1.30 bits per heavy atom. The van der Waals surface area contributed by atoms with Crippen molar-refractivity contribution >= 4 is 22.4 Å². The van der Waals surface area contributed by atoms with Crippen molar-refractivity contribution in [3.05, 3.63) is 38.9 Å². The largest absolute Gasteiger partial charge is 0.467 e. The Kier molecular flexibility index (Phi) is 3.88. The first-order chi connectivity index (χ1) is 9.58. The van der Waals surface area contributed by atoms with Crippen LogP contribution in [0.3, 0.4) is 0 Å². The summed E-state index contributed by atoms with van der Waals surface area (Å²) in [5.74, 6) is -0.425. The van der Waals surface area contributed by atoms with E-state index in [9.17, 15) is 14.4 Å². The molecule has 0 saturated heterocycles. The SMILES string of the molecule is CCC(Nc1cccc2c(=O)[nH][nH]c(=O)c12)C(=O)OC. The second-order valence-electron chi connectivity index (χ2n) is 4.26. The van der Waals surface area contributed by atoms with Gasteiger partial charge in [-0.05, 0) is 18.6 Å². The highest BCUT2D eigenvalue weighted by Crippen LogP contribution is 2.18. The zero-order valence-electron chi connectivity index (χ0n) is 11.1. The van der Waals surface area contributed by atoms with Crippen molar-refractivity contribution in [3.63, 3.8) is 0 Å². The maximum Gasteiger partial charge on any atom is 0.328 e. The molecule has 2 rings (SSSR count). The molecule has 2 aromatic rings. The van der Waals surface area contributed by atoms with E-state index in [2.05, 4.69) is 20.3 Å². The number of aromatic nitrogens is 2. The maximum atomic E-state index is 11.9. The fraction of sp³-hybridized carbons (Fsp3) is 0.308. The Morgan fingerprint density at radius 3 is 2.65 bits per heavy atom. The molecule has 3 N–H and O–H groups in total. The van der Waals surface area contributed by atoms with Crippen molar-refractivity contribution in [1.82, 2.24) is 10.2 Å². The molecule has 1 aromatic carbocycles. The summed E-state index contributed by atoms with van der Waals surface area (Å²) in [5, 5.41) is 7.95. The number of hydrogen-bond acceptors (Lipinski definition) is 5. The lowest BCUT2D eigenvalue weighted by atomic mass is 10.1. The summed E-state index contributed by atoms with van der Waals surface area (Å²) in [6, 6.07) is 4.25. The first-order valence-electron chi connectivity index (χ1n) is 6.16. The van der Waals surface area contributed by atoms with Gasteiger partial charge in [0.25, 0.3) is 11.1 Å². The number of aromatic amines is 2. The standard InChI is InChI=1S/C13H15N3O4/c1-3-8(13(19)20-2)14-9-6-4-5-7-10(9)12(18)16-15-11(7)17/h4-6,8,14H,3H2,1-2H3,(H,15,17)(H,16,18). The average molecular weight is 277 g/mol. The summed E-state index contributed by atoms with van der Waals surface area (Å²) in [4.78, 5) is 35.2. The van der Waals surface area contributed by atoms with Crippen LogP contribution >= 0.6 is 0 Å². The molecule has 1 heterocycles. The summed E-state index contributed by atoms with van der Waals surface area (Å²) in [5.41, 5.74) is -0.399. The van der Waals surface area contributed by atoms with Crippen molar-refractivity contribution in [3.8, 4) is 0 Å². The number of methoxy groups -OCH3 is 1. The van der Waals surface area contributed by atoms with Crippen LogP contribution < -0.4 is 16.4 Å². The third-order valence-electron chi connectivity index (χ3n) is 3.05. The molecule has 1 atom stereocenters. The molecule has 1 unspecified atom stereocenters. The van der Waals surface area contributed by atoms with Gasteiger partial charge in [0.1, 0.15) is 6.04 Å². The van der Waals surface area contributed by atoms with Gasteiger partial charge in [-0.2, -0.15) is 0 Å². The van der Waals surface area contributed by atoms with E-state index in [4.69, 9.17) is 0 Å². The number of carbonyl (C=O) groups excluding carboxylic acids is 1. The van der Waals surface area contributed by atoms with Gasteiger partial charge >= 0.3 is 5.97 Å². The minimum Gasteiger partial charge on any atom is -0.467 e. The highest BCUT2D eigenvalue weighted by atomic mass is 16.5. The van der Waals surface area contributed by atoms with Crippen LogP contribution in [0.25, 0.3) is 10.8 Å². The molecule has 0 aliphatic carbocycles. The van der Waals surface area contributed by atoms with E-state index >= 15 is 0 Å². The van der Waals surface area contributed by atoms with E-state index in [-0.39, 0.29) is 10.8 Å². The number of benzene rings is 1. The van der Waals surface area contributed by atoms with E-state index in [1.807, 2.05) is 6.92 Å². The third kappa shape index (κ3) is 2.42. The van der Waals surface area contributed by atoms with E-state index in [0.717, 1.165) is 0 Å². The molecule has 20 heavy (non-hydrogen) atoms. The summed E-state index contributed by atoms with van der Waals surface area (Å²) in [6.45, 7) is 1.82. The summed E-state index contributed by atoms with van der Waals surface area (Å²) >= 11 is 0. The number of hydrogen-bond donors (Lipinski definition) is 3. The summed E-state index contributed by atoms with van der Waals surface area (Å²) in [7, 11) is 1.30. The molecule has 7 nitrogen and oxygen atoms in total. The van der Waals surface area contributed by atoms with Gasteiger partial charge in [0, 0.05) is 5.69 Å². The van der Waals surface area contributed by atoms with Gasteiger partial charge in [-0.1, -0.05) is 13.0 Å². The second-order valence-corrected chi connectivity index (χ2v) is 4.26. The molecule has 0 spiro atoms. The van der Waals surface area contributed by atoms with Gasteiger partial charge < -0.3 is 10.1 Å². The maximum absolute atomic E-state index is 11.9. The van der Waals surface area contributed by atoms with E-state index in [0.29, 0.717) is 12.1 Å². The van der Waals surface area contributed by atoms with Gasteiger partial charge in [0.2, 0.25) is 0 Å². The van der Waals surface area contributed by atoms with Crippen LogP contribution in [0.2, 0.25) is 0 Å². The Balaban J connectivity index is 2.55. The first kappa shape index (κ1) is 13.9. The molecular weight excluding hydrogens is 262 g/mol. The van der Waals surface area contributed by atoms with Crippen LogP contribution in [-0.2, 0) is 9.53 Å². The van der Waals surface area contributed by atoms with Crippen molar-refractivity contribution in [2.75, 3.05) is 12.4 Å². The molecule has 0 fully saturated rings. The smallest absolute Gasteiger partial charge is 0.328 e. The Hall–Kier alpha value is -2.57. The van der Waals surface area contributed by atoms with Gasteiger partial charge in [0.15, 0.2) is 0 Å². The molecule has 0 saturated carbocycles. The fourth-order valence-electron chi connectivity index (χ4n) is 2.01. The van der Waals surface area contributed by atoms with Crippen molar-refractivity contribution in [1.29, 1.82) is 0 Å². The minimum absolute atomic E-state index is 0.221. The van der Waals surface area contributed by atoms with Crippen molar-refractivity contribution < 1.29 is 9.53 Å². The Bertz CT molecular complexity index is 747. The number of esters is 1. The zero-order valence-corrected chi connectivity index (χ0v) is 11.1. The lowest BCUT2D eigenvalue weighted by Gasteiger charge is -2.16. The average Bonchev–Trinajstić information content (AvgIpc) is 2.47. The van der Waals surface area contributed by atoms with Gasteiger partial charge in [-0.3, -0.25) is 19.8 Å². The van der Waals surface area contributed by atoms with Gasteiger partial charge in [-0.15, -0.1) is 0 Å². The molecule has 7 heteroatoms. The number of ether oxygens (including phenoxy) is 1. The number of rotatable bonds is 4. The molecule has 0 aliphatic rings. The second kappa shape index (κ2) is 5.60. The highest BCUT2D eigenvalue weighted by Gasteiger charge is 2.18. The molecule has 1 aromatic heterocycles. The number of nitrogens with one attached hydrogen (secondary N) is 3. The van der Waals surface area contributed by atoms with Crippen LogP contribution in [0, 0.1) is 0 Å². The van der Waals surface area contributed by atoms with Crippen LogP contribution in [0.5, 0.6) is 0 Å². The quantitative estimate of drug-likeness (QED) is 0.709. The van der Waals surface area contributed by atoms with Crippen molar-refractivity contribution in [2.45, 2.75) is 19.4 Å². The van der Waals surface area contributed by atoms with E-state index in [1.165, 1.54) is 7.11 Å². The van der Waals surface area contributed by atoms with Crippen LogP contribution in [0.15, 0.2) is 27.8 Å². The zero-order chi connectivity index (χ0) is 14.7. The molecule has 0 bridgehead atoms. The number of fused-ring (bicyclic) bond motifs is 1. The van der Waals surface area contributed by atoms with Crippen LogP contribution in [-0.4, -0.2) is 29.3 Å². The Labute approximate surface area is 113 Å². The van der Waals surface area contributed by atoms with Gasteiger partial charge in [0.05, 0.1) is 17.9 Å². The number of anilines is 1. The summed E-state index contributed by atoms with van der Waals surface area (Å²) < 4.78 is 4.69. The van der Waals surface area contributed by atoms with Gasteiger partial charge in [-0.25, -0.2) is 4.79 Å². The van der Waals surface area contributed by atoms with Crippen LogP contribution in [0.4, 0.5) is 5.69 Å². The van der Waals surface area contributed by atoms with E-state index < -0.39 is 23.1 Å². The normalized spacial score (nSPS) is 12.1. The first-order valence-corrected chi connectivity index (χ1v) is 6.16. The monoisotopic (exact) mass is 277 g/mol. The predicted octanol–water partition coefficient (Wildman–Crippen LogP) is 0.580. The molecular formula is C13H15N3O4. The van der Waals surface area contributed by atoms with E-state index in [1.54, 1.807) is 18.2 Å². The lowest BCUT2D eigenvalue weighted by molar-refractivity contribution is -0.141. The lowest BCUT2D eigenvalue weighted by Crippen LogP contribution is -2.31. The minimum atomic E-state index is -0.579. The highest BCUT2D eigenvalue weighted by molar-refractivity contribution is 5.94. The Morgan fingerprint density at radius 2 is 2.00 bits per heavy atom. The van der Waals surface area contributed by atoms with Crippen LogP contribution in [0.1, 0.15) is 13.3 Å². The topological polar surface area (TPSA) is 104 Å².